The summed E-state index contributed by atoms with van der Waals surface area (Å²) in [7, 11) is 0. The van der Waals surface area contributed by atoms with Crippen molar-refractivity contribution < 1.29 is 14.7 Å². The molecular formula is C15H18BrNO3. The van der Waals surface area contributed by atoms with E-state index < -0.39 is 17.8 Å². The molecule has 4 nitrogen and oxygen atoms in total. The molecule has 2 atom stereocenters. The summed E-state index contributed by atoms with van der Waals surface area (Å²) in [5, 5.41) is 12.1. The fraction of sp³-hybridized carbons (Fsp3) is 0.467. The quantitative estimate of drug-likeness (QED) is 0.886. The molecule has 1 amide bonds. The van der Waals surface area contributed by atoms with Gasteiger partial charge in [-0.25, -0.2) is 0 Å². The first-order valence-corrected chi connectivity index (χ1v) is 7.63. The molecule has 0 heterocycles. The molecule has 2 N–H and O–H groups in total. The van der Waals surface area contributed by atoms with E-state index in [9.17, 15) is 14.7 Å². The molecule has 1 aliphatic rings. The standard InChI is InChI=1S/C15H18BrNO3/c16-13-8-4-1-5-10(13)9-17-14(18)11-6-2-3-7-12(11)15(19)20/h1,4-5,8,11-12H,2-3,6-7,9H2,(H,17,18)(H,19,20)/t11-,12+/m1/s1. The van der Waals surface area contributed by atoms with Gasteiger partial charge in [0.2, 0.25) is 5.91 Å². The second kappa shape index (κ2) is 6.88. The van der Waals surface area contributed by atoms with Gasteiger partial charge in [0.1, 0.15) is 0 Å². The Morgan fingerprint density at radius 2 is 1.85 bits per heavy atom. The van der Waals surface area contributed by atoms with Gasteiger partial charge in [-0.3, -0.25) is 9.59 Å². The van der Waals surface area contributed by atoms with Crippen LogP contribution in [0.1, 0.15) is 31.2 Å². The Labute approximate surface area is 126 Å². The minimum atomic E-state index is -0.856. The van der Waals surface area contributed by atoms with E-state index >= 15 is 0 Å². The van der Waals surface area contributed by atoms with Crippen LogP contribution in [0.25, 0.3) is 0 Å². The molecular weight excluding hydrogens is 322 g/mol. The number of nitrogens with one attached hydrogen (secondary N) is 1. The summed E-state index contributed by atoms with van der Waals surface area (Å²) in [5.41, 5.74) is 0.989. The topological polar surface area (TPSA) is 66.4 Å². The van der Waals surface area contributed by atoms with Crippen LogP contribution in [0.3, 0.4) is 0 Å². The Bertz CT molecular complexity index is 504. The van der Waals surface area contributed by atoms with E-state index in [0.29, 0.717) is 19.4 Å². The molecule has 5 heteroatoms. The lowest BCUT2D eigenvalue weighted by Crippen LogP contribution is -2.39. The number of carboxylic acid groups (broad SMARTS) is 1. The summed E-state index contributed by atoms with van der Waals surface area (Å²) in [5.74, 6) is -1.94. The lowest BCUT2D eigenvalue weighted by molar-refractivity contribution is -0.148. The number of rotatable bonds is 4. The van der Waals surface area contributed by atoms with Crippen LogP contribution < -0.4 is 5.32 Å². The molecule has 1 fully saturated rings. The number of halogens is 1. The van der Waals surface area contributed by atoms with Crippen LogP contribution in [0.5, 0.6) is 0 Å². The fourth-order valence-corrected chi connectivity index (χ4v) is 3.12. The Hall–Kier alpha value is -1.36. The van der Waals surface area contributed by atoms with Crippen molar-refractivity contribution in [3.8, 4) is 0 Å². The van der Waals surface area contributed by atoms with Crippen LogP contribution in [0.2, 0.25) is 0 Å². The zero-order chi connectivity index (χ0) is 14.5. The number of carbonyl (C=O) groups excluding carboxylic acids is 1. The van der Waals surface area contributed by atoms with E-state index in [0.717, 1.165) is 22.9 Å². The third-order valence-electron chi connectivity index (χ3n) is 3.83. The van der Waals surface area contributed by atoms with Crippen LogP contribution in [-0.4, -0.2) is 17.0 Å². The highest BCUT2D eigenvalue weighted by atomic mass is 79.9. The summed E-state index contributed by atoms with van der Waals surface area (Å²) in [6.07, 6.45) is 3.09. The average Bonchev–Trinajstić information content (AvgIpc) is 2.46. The normalized spacial score (nSPS) is 22.2. The van der Waals surface area contributed by atoms with Crippen LogP contribution in [0.15, 0.2) is 28.7 Å². The van der Waals surface area contributed by atoms with Crippen molar-refractivity contribution in [1.29, 1.82) is 0 Å². The SMILES string of the molecule is O=C(O)[C@H]1CCCC[C@H]1C(=O)NCc1ccccc1Br. The maximum Gasteiger partial charge on any atom is 0.307 e. The number of benzene rings is 1. The molecule has 0 spiro atoms. The second-order valence-electron chi connectivity index (χ2n) is 5.14. The number of amides is 1. The number of hydrogen-bond acceptors (Lipinski definition) is 2. The van der Waals surface area contributed by atoms with Gasteiger partial charge in [-0.1, -0.05) is 47.0 Å². The lowest BCUT2D eigenvalue weighted by Gasteiger charge is -2.27. The van der Waals surface area contributed by atoms with Crippen molar-refractivity contribution in [2.75, 3.05) is 0 Å². The van der Waals surface area contributed by atoms with E-state index in [1.807, 2.05) is 24.3 Å². The largest absolute Gasteiger partial charge is 0.481 e. The summed E-state index contributed by atoms with van der Waals surface area (Å²) >= 11 is 3.43. The third kappa shape index (κ3) is 3.60. The molecule has 108 valence electrons. The predicted molar refractivity (Wildman–Crippen MR) is 79.1 cm³/mol. The highest BCUT2D eigenvalue weighted by Gasteiger charge is 2.35. The molecule has 0 aromatic heterocycles. The first-order valence-electron chi connectivity index (χ1n) is 6.83. The predicted octanol–water partition coefficient (Wildman–Crippen LogP) is 2.96. The van der Waals surface area contributed by atoms with Gasteiger partial charge in [0, 0.05) is 11.0 Å². The second-order valence-corrected chi connectivity index (χ2v) is 6.00. The molecule has 1 aliphatic carbocycles. The average molecular weight is 340 g/mol. The minimum Gasteiger partial charge on any atom is -0.481 e. The summed E-state index contributed by atoms with van der Waals surface area (Å²) < 4.78 is 0.943. The lowest BCUT2D eigenvalue weighted by atomic mass is 9.78. The Kier molecular flexibility index (Phi) is 5.17. The summed E-state index contributed by atoms with van der Waals surface area (Å²) in [6.45, 7) is 0.420. The first-order chi connectivity index (χ1) is 9.59. The van der Waals surface area contributed by atoms with Gasteiger partial charge in [0.05, 0.1) is 11.8 Å². The maximum atomic E-state index is 12.2. The molecule has 1 aromatic rings. The van der Waals surface area contributed by atoms with E-state index in [1.165, 1.54) is 0 Å². The number of aliphatic carboxylic acids is 1. The molecule has 20 heavy (non-hydrogen) atoms. The highest BCUT2D eigenvalue weighted by Crippen LogP contribution is 2.30. The molecule has 1 aromatic carbocycles. The van der Waals surface area contributed by atoms with Crippen molar-refractivity contribution in [1.82, 2.24) is 5.32 Å². The number of hydrogen-bond donors (Lipinski definition) is 2. The molecule has 0 saturated heterocycles. The third-order valence-corrected chi connectivity index (χ3v) is 4.60. The molecule has 1 saturated carbocycles. The van der Waals surface area contributed by atoms with Gasteiger partial charge in [0.25, 0.3) is 0 Å². The maximum absolute atomic E-state index is 12.2. The number of carbonyl (C=O) groups is 2. The van der Waals surface area contributed by atoms with E-state index in [2.05, 4.69) is 21.2 Å². The summed E-state index contributed by atoms with van der Waals surface area (Å²) in [6, 6.07) is 7.67. The molecule has 0 aliphatic heterocycles. The molecule has 0 bridgehead atoms. The van der Waals surface area contributed by atoms with Gasteiger partial charge in [0.15, 0.2) is 0 Å². The zero-order valence-electron chi connectivity index (χ0n) is 11.1. The number of carboxylic acids is 1. The van der Waals surface area contributed by atoms with E-state index in [-0.39, 0.29) is 5.91 Å². The fourth-order valence-electron chi connectivity index (χ4n) is 2.70. The summed E-state index contributed by atoms with van der Waals surface area (Å²) in [4.78, 5) is 23.4. The minimum absolute atomic E-state index is 0.146. The van der Waals surface area contributed by atoms with Crippen molar-refractivity contribution in [2.45, 2.75) is 32.2 Å². The van der Waals surface area contributed by atoms with Crippen molar-refractivity contribution in [2.24, 2.45) is 11.8 Å². The van der Waals surface area contributed by atoms with Crippen LogP contribution in [0.4, 0.5) is 0 Å². The van der Waals surface area contributed by atoms with Crippen molar-refractivity contribution in [3.63, 3.8) is 0 Å². The van der Waals surface area contributed by atoms with Gasteiger partial charge < -0.3 is 10.4 Å². The Morgan fingerprint density at radius 3 is 2.50 bits per heavy atom. The van der Waals surface area contributed by atoms with E-state index in [1.54, 1.807) is 0 Å². The van der Waals surface area contributed by atoms with Gasteiger partial charge in [-0.15, -0.1) is 0 Å². The van der Waals surface area contributed by atoms with Crippen LogP contribution in [-0.2, 0) is 16.1 Å². The monoisotopic (exact) mass is 339 g/mol. The highest BCUT2D eigenvalue weighted by molar-refractivity contribution is 9.10. The van der Waals surface area contributed by atoms with E-state index in [4.69, 9.17) is 0 Å². The van der Waals surface area contributed by atoms with Crippen molar-refractivity contribution in [3.05, 3.63) is 34.3 Å². The van der Waals surface area contributed by atoms with Gasteiger partial charge in [-0.05, 0) is 24.5 Å². The Balaban J connectivity index is 1.97. The van der Waals surface area contributed by atoms with Crippen molar-refractivity contribution >= 4 is 27.8 Å². The molecule has 0 unspecified atom stereocenters. The molecule has 0 radical (unpaired) electrons. The van der Waals surface area contributed by atoms with Crippen LogP contribution >= 0.6 is 15.9 Å². The smallest absolute Gasteiger partial charge is 0.307 e. The van der Waals surface area contributed by atoms with Crippen LogP contribution in [0, 0.1) is 11.8 Å². The zero-order valence-corrected chi connectivity index (χ0v) is 12.7. The Morgan fingerprint density at radius 1 is 1.20 bits per heavy atom. The first kappa shape index (κ1) is 15.0. The van der Waals surface area contributed by atoms with Gasteiger partial charge >= 0.3 is 5.97 Å². The van der Waals surface area contributed by atoms with Gasteiger partial charge in [-0.2, -0.15) is 0 Å². The molecule has 2 rings (SSSR count).